The monoisotopic (exact) mass is 324 g/mol. The number of hydrogen-bond acceptors (Lipinski definition) is 4. The first kappa shape index (κ1) is 16.0. The molecular weight excluding hydrogens is 312 g/mol. The Morgan fingerprint density at radius 3 is 2.16 bits per heavy atom. The number of aliphatic hydroxyl groups excluding tert-OH is 1. The quantitative estimate of drug-likeness (QED) is 0.681. The van der Waals surface area contributed by atoms with Crippen LogP contribution in [0, 0.1) is 22.7 Å². The molecule has 3 rings (SSSR count). The van der Waals surface area contributed by atoms with Crippen molar-refractivity contribution in [1.82, 2.24) is 0 Å². The maximum atomic E-state index is 12.8. The van der Waals surface area contributed by atoms with Gasteiger partial charge in [0.25, 0.3) is 0 Å². The van der Waals surface area contributed by atoms with Crippen molar-refractivity contribution in [3.63, 3.8) is 0 Å². The van der Waals surface area contributed by atoms with Crippen LogP contribution >= 0.6 is 0 Å². The topological polar surface area (TPSA) is 84.9 Å². The summed E-state index contributed by atoms with van der Waals surface area (Å²) < 4.78 is 0. The molecule has 0 amide bonds. The van der Waals surface area contributed by atoms with Gasteiger partial charge in [-0.15, -0.1) is 0 Å². The molecular formula is C21H12N2O2. The molecule has 0 saturated carbocycles. The van der Waals surface area contributed by atoms with E-state index in [1.807, 2.05) is 12.1 Å². The lowest BCUT2D eigenvalue weighted by Crippen LogP contribution is -2.05. The van der Waals surface area contributed by atoms with Gasteiger partial charge in [0.2, 0.25) is 0 Å². The molecule has 0 fully saturated rings. The molecule has 4 heteroatoms. The Labute approximate surface area is 144 Å². The lowest BCUT2D eigenvalue weighted by atomic mass is 9.95. The summed E-state index contributed by atoms with van der Waals surface area (Å²) in [6.45, 7) is 0. The molecule has 0 aromatic heterocycles. The first-order valence-corrected chi connectivity index (χ1v) is 7.51. The summed E-state index contributed by atoms with van der Waals surface area (Å²) in [6.07, 6.45) is 4.96. The first-order chi connectivity index (χ1) is 12.1. The van der Waals surface area contributed by atoms with E-state index in [1.54, 1.807) is 60.7 Å². The van der Waals surface area contributed by atoms with E-state index in [1.165, 1.54) is 6.07 Å². The lowest BCUT2D eigenvalue weighted by molar-refractivity contribution is 0.103. The van der Waals surface area contributed by atoms with Crippen molar-refractivity contribution in [1.29, 1.82) is 10.5 Å². The molecule has 0 atom stereocenters. The maximum absolute atomic E-state index is 12.8. The molecule has 0 bridgehead atoms. The second-order valence-corrected chi connectivity index (χ2v) is 5.42. The van der Waals surface area contributed by atoms with Crippen molar-refractivity contribution >= 4 is 11.5 Å². The van der Waals surface area contributed by atoms with Crippen LogP contribution in [0.4, 0.5) is 0 Å². The Morgan fingerprint density at radius 2 is 1.52 bits per heavy atom. The van der Waals surface area contributed by atoms with Gasteiger partial charge < -0.3 is 5.11 Å². The van der Waals surface area contributed by atoms with Crippen molar-refractivity contribution < 1.29 is 9.90 Å². The Balaban J connectivity index is 2.02. The number of carbonyl (C=O) groups excluding carboxylic acids is 1. The second kappa shape index (κ2) is 6.70. The molecule has 2 aromatic rings. The summed E-state index contributed by atoms with van der Waals surface area (Å²) in [7, 11) is 0. The number of carbonyl (C=O) groups is 1. The minimum absolute atomic E-state index is 0.0677. The minimum atomic E-state index is -0.278. The van der Waals surface area contributed by atoms with Crippen LogP contribution in [0.2, 0.25) is 0 Å². The highest BCUT2D eigenvalue weighted by Gasteiger charge is 2.21. The third-order valence-electron chi connectivity index (χ3n) is 3.83. The van der Waals surface area contributed by atoms with E-state index in [9.17, 15) is 9.90 Å². The van der Waals surface area contributed by atoms with Crippen molar-refractivity contribution in [3.8, 4) is 12.1 Å². The largest absolute Gasteiger partial charge is 0.507 e. The molecule has 1 aliphatic rings. The van der Waals surface area contributed by atoms with E-state index in [-0.39, 0.29) is 11.5 Å². The van der Waals surface area contributed by atoms with Gasteiger partial charge in [-0.3, -0.25) is 4.79 Å². The van der Waals surface area contributed by atoms with Crippen molar-refractivity contribution in [2.24, 2.45) is 0 Å². The fourth-order valence-corrected chi connectivity index (χ4v) is 2.60. The molecule has 0 unspecified atom stereocenters. The molecule has 1 aliphatic carbocycles. The number of rotatable bonds is 3. The molecule has 0 aliphatic heterocycles. The Hall–Kier alpha value is -3.89. The number of ketones is 1. The molecule has 0 heterocycles. The number of allylic oxidation sites excluding steroid dienone is 5. The zero-order valence-corrected chi connectivity index (χ0v) is 13.1. The van der Waals surface area contributed by atoms with Gasteiger partial charge in [-0.25, -0.2) is 0 Å². The molecule has 0 spiro atoms. The highest BCUT2D eigenvalue weighted by atomic mass is 16.3. The van der Waals surface area contributed by atoms with Crippen LogP contribution in [-0.2, 0) is 0 Å². The lowest BCUT2D eigenvalue weighted by Gasteiger charge is -2.09. The van der Waals surface area contributed by atoms with Crippen LogP contribution in [0.1, 0.15) is 27.0 Å². The predicted molar refractivity (Wildman–Crippen MR) is 93.4 cm³/mol. The zero-order valence-electron chi connectivity index (χ0n) is 13.1. The molecule has 25 heavy (non-hydrogen) atoms. The van der Waals surface area contributed by atoms with Gasteiger partial charge in [0.1, 0.15) is 5.76 Å². The van der Waals surface area contributed by atoms with Crippen molar-refractivity contribution in [2.45, 2.75) is 0 Å². The number of hydrogen-bond donors (Lipinski definition) is 1. The number of nitriles is 2. The van der Waals surface area contributed by atoms with Crippen LogP contribution in [0.25, 0.3) is 5.76 Å². The van der Waals surface area contributed by atoms with E-state index < -0.39 is 0 Å². The average molecular weight is 324 g/mol. The van der Waals surface area contributed by atoms with E-state index >= 15 is 0 Å². The maximum Gasteiger partial charge on any atom is 0.193 e. The summed E-state index contributed by atoms with van der Waals surface area (Å²) in [5.41, 5.74) is 2.40. The SMILES string of the molecule is N#Cc1cccc(C(=O)C2=CC=C/C2=C(/O)c2cccc(C#N)c2)c1. The highest BCUT2D eigenvalue weighted by Crippen LogP contribution is 2.29. The summed E-state index contributed by atoms with van der Waals surface area (Å²) in [6, 6.07) is 17.0. The van der Waals surface area contributed by atoms with Crippen molar-refractivity contribution in [2.75, 3.05) is 0 Å². The second-order valence-electron chi connectivity index (χ2n) is 5.42. The summed E-state index contributed by atoms with van der Waals surface area (Å²) in [5.74, 6) is -0.345. The Bertz CT molecular complexity index is 1040. The van der Waals surface area contributed by atoms with Gasteiger partial charge >= 0.3 is 0 Å². The van der Waals surface area contributed by atoms with Crippen LogP contribution < -0.4 is 0 Å². The van der Waals surface area contributed by atoms with Gasteiger partial charge in [-0.05, 0) is 24.3 Å². The zero-order chi connectivity index (χ0) is 17.8. The van der Waals surface area contributed by atoms with Gasteiger partial charge in [0, 0.05) is 22.3 Å². The predicted octanol–water partition coefficient (Wildman–Crippen LogP) is 4.08. The van der Waals surface area contributed by atoms with Crippen LogP contribution in [-0.4, -0.2) is 10.9 Å². The number of nitrogens with zero attached hydrogens (tertiary/aromatic N) is 2. The molecule has 1 N–H and O–H groups in total. The van der Waals surface area contributed by atoms with E-state index in [0.717, 1.165) is 0 Å². The van der Waals surface area contributed by atoms with Crippen LogP contribution in [0.5, 0.6) is 0 Å². The number of aliphatic hydroxyl groups is 1. The van der Waals surface area contributed by atoms with Crippen LogP contribution in [0.15, 0.2) is 77.9 Å². The van der Waals surface area contributed by atoms with Crippen molar-refractivity contribution in [3.05, 3.63) is 100 Å². The smallest absolute Gasteiger partial charge is 0.193 e. The van der Waals surface area contributed by atoms with Gasteiger partial charge in [0.15, 0.2) is 5.78 Å². The normalized spacial score (nSPS) is 14.4. The molecule has 0 radical (unpaired) electrons. The minimum Gasteiger partial charge on any atom is -0.507 e. The molecule has 2 aromatic carbocycles. The summed E-state index contributed by atoms with van der Waals surface area (Å²) in [5, 5.41) is 28.6. The van der Waals surface area contributed by atoms with Gasteiger partial charge in [0.05, 0.1) is 23.3 Å². The Morgan fingerprint density at radius 1 is 0.920 bits per heavy atom. The van der Waals surface area contributed by atoms with E-state index in [2.05, 4.69) is 0 Å². The fraction of sp³-hybridized carbons (Fsp3) is 0. The van der Waals surface area contributed by atoms with E-state index in [4.69, 9.17) is 10.5 Å². The van der Waals surface area contributed by atoms with Gasteiger partial charge in [-0.1, -0.05) is 42.5 Å². The molecule has 118 valence electrons. The third kappa shape index (κ3) is 3.10. The summed E-state index contributed by atoms with van der Waals surface area (Å²) in [4.78, 5) is 12.8. The molecule has 4 nitrogen and oxygen atoms in total. The third-order valence-corrected chi connectivity index (χ3v) is 3.83. The number of benzene rings is 2. The average Bonchev–Trinajstić information content (AvgIpc) is 3.16. The standard InChI is InChI=1S/C21H12N2O2/c22-12-14-4-1-6-16(10-14)20(24)18-8-3-9-19(18)21(25)17-7-2-5-15(11-17)13-23/h1-11,24H/b20-18-. The van der Waals surface area contributed by atoms with Gasteiger partial charge in [-0.2, -0.15) is 10.5 Å². The number of Topliss-reactive ketones (excluding diaryl/α,β-unsaturated/α-hetero) is 1. The Kier molecular flexibility index (Phi) is 4.28. The van der Waals surface area contributed by atoms with Crippen LogP contribution in [0.3, 0.4) is 0 Å². The highest BCUT2D eigenvalue weighted by molar-refractivity contribution is 6.14. The fourth-order valence-electron chi connectivity index (χ4n) is 2.60. The molecule has 0 saturated heterocycles. The summed E-state index contributed by atoms with van der Waals surface area (Å²) >= 11 is 0. The van der Waals surface area contributed by atoms with E-state index in [0.29, 0.717) is 33.4 Å². The first-order valence-electron chi connectivity index (χ1n) is 7.51.